The number of aliphatic imine (C=N–C) groups is 1. The predicted molar refractivity (Wildman–Crippen MR) is 114 cm³/mol. The number of carbonyl (C=O) groups is 1. The van der Waals surface area contributed by atoms with Crippen LogP contribution in [0.5, 0.6) is 0 Å². The number of aryl methyl sites for hydroxylation is 1. The van der Waals surface area contributed by atoms with E-state index >= 15 is 0 Å². The third kappa shape index (κ3) is 5.59. The Bertz CT molecular complexity index is 611. The summed E-state index contributed by atoms with van der Waals surface area (Å²) in [5.74, 6) is 1.35. The minimum Gasteiger partial charge on any atom is -0.352 e. The molecule has 1 aromatic heterocycles. The zero-order valence-corrected chi connectivity index (χ0v) is 18.1. The van der Waals surface area contributed by atoms with E-state index in [-0.39, 0.29) is 36.4 Å². The molecule has 7 nitrogen and oxygen atoms in total. The SMILES string of the molecule is CN=C(NCC(=O)NC1CCCCC1)N1CCC(c2cnn(C)c2)C1.I. The quantitative estimate of drug-likeness (QED) is 0.397. The average molecular weight is 474 g/mol. The van der Waals surface area contributed by atoms with Gasteiger partial charge in [0.25, 0.3) is 0 Å². The number of aromatic nitrogens is 2. The van der Waals surface area contributed by atoms with E-state index in [2.05, 4.69) is 31.8 Å². The lowest BCUT2D eigenvalue weighted by atomic mass is 9.95. The fourth-order valence-corrected chi connectivity index (χ4v) is 3.89. The molecule has 2 aliphatic rings. The second kappa shape index (κ2) is 10.1. The summed E-state index contributed by atoms with van der Waals surface area (Å²) < 4.78 is 1.85. The zero-order valence-electron chi connectivity index (χ0n) is 15.8. The first kappa shape index (κ1) is 21.0. The number of amides is 1. The Morgan fingerprint density at radius 2 is 2.08 bits per heavy atom. The summed E-state index contributed by atoms with van der Waals surface area (Å²) in [5, 5.41) is 10.6. The Balaban J connectivity index is 0.00000243. The summed E-state index contributed by atoms with van der Waals surface area (Å²) in [4.78, 5) is 18.8. The summed E-state index contributed by atoms with van der Waals surface area (Å²) in [6.45, 7) is 2.15. The van der Waals surface area contributed by atoms with Gasteiger partial charge in [0.05, 0.1) is 12.7 Å². The Morgan fingerprint density at radius 3 is 2.73 bits per heavy atom. The molecule has 0 bridgehead atoms. The van der Waals surface area contributed by atoms with E-state index < -0.39 is 0 Å². The minimum atomic E-state index is 0. The van der Waals surface area contributed by atoms with E-state index in [4.69, 9.17) is 0 Å². The molecule has 26 heavy (non-hydrogen) atoms. The molecule has 1 atom stereocenters. The van der Waals surface area contributed by atoms with Crippen molar-refractivity contribution in [2.75, 3.05) is 26.7 Å². The van der Waals surface area contributed by atoms with Crippen LogP contribution in [0.4, 0.5) is 0 Å². The van der Waals surface area contributed by atoms with E-state index in [1.54, 1.807) is 7.05 Å². The first-order valence-corrected chi connectivity index (χ1v) is 9.39. The molecule has 1 unspecified atom stereocenters. The number of hydrogen-bond donors (Lipinski definition) is 2. The summed E-state index contributed by atoms with van der Waals surface area (Å²) in [6, 6.07) is 0.354. The van der Waals surface area contributed by atoms with Crippen LogP contribution in [0.2, 0.25) is 0 Å². The maximum atomic E-state index is 12.2. The summed E-state index contributed by atoms with van der Waals surface area (Å²) in [5.41, 5.74) is 1.27. The molecule has 1 aliphatic carbocycles. The number of nitrogens with one attached hydrogen (secondary N) is 2. The van der Waals surface area contributed by atoms with Gasteiger partial charge in [0.15, 0.2) is 5.96 Å². The number of halogens is 1. The van der Waals surface area contributed by atoms with Gasteiger partial charge in [-0.2, -0.15) is 5.10 Å². The van der Waals surface area contributed by atoms with Crippen molar-refractivity contribution >= 4 is 35.8 Å². The largest absolute Gasteiger partial charge is 0.352 e. The molecule has 3 rings (SSSR count). The maximum Gasteiger partial charge on any atom is 0.239 e. The zero-order chi connectivity index (χ0) is 17.6. The molecule has 1 amide bonds. The fraction of sp³-hybridized carbons (Fsp3) is 0.722. The topological polar surface area (TPSA) is 74.6 Å². The van der Waals surface area contributed by atoms with Gasteiger partial charge >= 0.3 is 0 Å². The van der Waals surface area contributed by atoms with Gasteiger partial charge in [-0.3, -0.25) is 14.5 Å². The number of guanidine groups is 1. The molecular weight excluding hydrogens is 443 g/mol. The first-order chi connectivity index (χ1) is 12.2. The maximum absolute atomic E-state index is 12.2. The molecule has 146 valence electrons. The van der Waals surface area contributed by atoms with Crippen LogP contribution < -0.4 is 10.6 Å². The molecule has 1 aliphatic heterocycles. The molecule has 1 saturated heterocycles. The van der Waals surface area contributed by atoms with Gasteiger partial charge in [-0.05, 0) is 24.8 Å². The standard InChI is InChI=1S/C18H30N6O.HI/c1-19-18(20-11-17(25)22-16-6-4-3-5-7-16)24-9-8-14(13-24)15-10-21-23(2)12-15;/h10,12,14,16H,3-9,11,13H2,1-2H3,(H,19,20)(H,22,25);1H. The lowest BCUT2D eigenvalue weighted by molar-refractivity contribution is -0.120. The predicted octanol–water partition coefficient (Wildman–Crippen LogP) is 1.85. The van der Waals surface area contributed by atoms with Crippen LogP contribution in [0.15, 0.2) is 17.4 Å². The average Bonchev–Trinajstić information content (AvgIpc) is 3.25. The highest BCUT2D eigenvalue weighted by molar-refractivity contribution is 14.0. The van der Waals surface area contributed by atoms with Gasteiger partial charge in [0, 0.05) is 45.3 Å². The summed E-state index contributed by atoms with van der Waals surface area (Å²) >= 11 is 0. The van der Waals surface area contributed by atoms with E-state index in [0.29, 0.717) is 12.0 Å². The highest BCUT2D eigenvalue weighted by Crippen LogP contribution is 2.26. The van der Waals surface area contributed by atoms with Crippen LogP contribution in [0.25, 0.3) is 0 Å². The van der Waals surface area contributed by atoms with Crippen molar-refractivity contribution in [1.29, 1.82) is 0 Å². The van der Waals surface area contributed by atoms with Gasteiger partial charge in [-0.25, -0.2) is 0 Å². The van der Waals surface area contributed by atoms with Crippen LogP contribution >= 0.6 is 24.0 Å². The van der Waals surface area contributed by atoms with Gasteiger partial charge in [0.1, 0.15) is 0 Å². The molecular formula is C18H31IN6O. The van der Waals surface area contributed by atoms with Gasteiger partial charge in [-0.1, -0.05) is 19.3 Å². The molecule has 0 spiro atoms. The van der Waals surface area contributed by atoms with Crippen molar-refractivity contribution in [3.8, 4) is 0 Å². The molecule has 2 N–H and O–H groups in total. The lowest BCUT2D eigenvalue weighted by Gasteiger charge is -2.24. The summed E-state index contributed by atoms with van der Waals surface area (Å²) in [7, 11) is 3.72. The minimum absolute atomic E-state index is 0. The Labute approximate surface area is 173 Å². The molecule has 0 aromatic carbocycles. The summed E-state index contributed by atoms with van der Waals surface area (Å²) in [6.07, 6.45) is 11.1. The Morgan fingerprint density at radius 1 is 1.31 bits per heavy atom. The smallest absolute Gasteiger partial charge is 0.239 e. The molecule has 2 heterocycles. The van der Waals surface area contributed by atoms with Crippen molar-refractivity contribution in [3.63, 3.8) is 0 Å². The Hall–Kier alpha value is -1.32. The fourth-order valence-electron chi connectivity index (χ4n) is 3.89. The third-order valence-electron chi connectivity index (χ3n) is 5.27. The van der Waals surface area contributed by atoms with Gasteiger partial charge in [0.2, 0.25) is 5.91 Å². The van der Waals surface area contributed by atoms with Crippen molar-refractivity contribution in [3.05, 3.63) is 18.0 Å². The van der Waals surface area contributed by atoms with Crippen LogP contribution in [0.3, 0.4) is 0 Å². The van der Waals surface area contributed by atoms with Crippen molar-refractivity contribution in [2.45, 2.75) is 50.5 Å². The normalized spacial score (nSPS) is 21.4. The molecule has 0 radical (unpaired) electrons. The van der Waals surface area contributed by atoms with Gasteiger partial charge in [-0.15, -0.1) is 24.0 Å². The van der Waals surface area contributed by atoms with Gasteiger partial charge < -0.3 is 15.5 Å². The lowest BCUT2D eigenvalue weighted by Crippen LogP contribution is -2.46. The Kier molecular flexibility index (Phi) is 8.17. The second-order valence-corrected chi connectivity index (χ2v) is 7.18. The van der Waals surface area contributed by atoms with Crippen LogP contribution in [0.1, 0.15) is 50.0 Å². The van der Waals surface area contributed by atoms with E-state index in [1.165, 1.54) is 24.8 Å². The number of nitrogens with zero attached hydrogens (tertiary/aromatic N) is 4. The van der Waals surface area contributed by atoms with E-state index in [0.717, 1.165) is 38.3 Å². The van der Waals surface area contributed by atoms with E-state index in [9.17, 15) is 4.79 Å². The van der Waals surface area contributed by atoms with Crippen LogP contribution in [0, 0.1) is 0 Å². The van der Waals surface area contributed by atoms with Crippen molar-refractivity contribution in [2.24, 2.45) is 12.0 Å². The number of likely N-dealkylation sites (tertiary alicyclic amines) is 1. The first-order valence-electron chi connectivity index (χ1n) is 9.39. The number of hydrogen-bond acceptors (Lipinski definition) is 3. The molecule has 1 saturated carbocycles. The number of rotatable bonds is 4. The molecule has 1 aromatic rings. The highest BCUT2D eigenvalue weighted by Gasteiger charge is 2.27. The molecule has 2 fully saturated rings. The van der Waals surface area contributed by atoms with Crippen molar-refractivity contribution in [1.82, 2.24) is 25.3 Å². The van der Waals surface area contributed by atoms with Crippen LogP contribution in [-0.2, 0) is 11.8 Å². The third-order valence-corrected chi connectivity index (χ3v) is 5.27. The van der Waals surface area contributed by atoms with E-state index in [1.807, 2.05) is 17.9 Å². The number of carbonyl (C=O) groups excluding carboxylic acids is 1. The highest BCUT2D eigenvalue weighted by atomic mass is 127. The second-order valence-electron chi connectivity index (χ2n) is 7.18. The van der Waals surface area contributed by atoms with Crippen molar-refractivity contribution < 1.29 is 4.79 Å². The molecule has 8 heteroatoms. The monoisotopic (exact) mass is 474 g/mol. The van der Waals surface area contributed by atoms with Crippen LogP contribution in [-0.4, -0.2) is 59.3 Å².